The highest BCUT2D eigenvalue weighted by molar-refractivity contribution is 5.79. The van der Waals surface area contributed by atoms with Crippen LogP contribution in [0.2, 0.25) is 0 Å². The molecular weight excluding hydrogens is 1460 g/mol. The van der Waals surface area contributed by atoms with Gasteiger partial charge in [0.1, 0.15) is 116 Å². The summed E-state index contributed by atoms with van der Waals surface area (Å²) in [7, 11) is 0. The van der Waals surface area contributed by atoms with Gasteiger partial charge in [0.2, 0.25) is 6.29 Å². The average Bonchev–Trinajstić information content (AvgIpc) is 0.673. The molecule has 0 spiro atoms. The van der Waals surface area contributed by atoms with Crippen molar-refractivity contribution >= 4 is 18.2 Å². The SMILES string of the molecule is CCCCCCCCCCCCCCCCO[C@@H]1[C@H](O)[C@@H](O[C@@H]2O[C@@H](C)[C@H](O[C@@H]3OC[C@@H](O)[C@H](O)[C@H]3O)[C@@H](O)[C@H]2O)[C@H](OC(=O)[C@]23CCC(C)(C)CC2C2=CCC4[C@@]5(C)CC[C@H](O[C@@H]6O[C@H](C(=O)O)[C@@H](O)[C@H](O[C@@H]7OC[C@@H](O)[C@H](O)[C@H]7O)[C@H]6O[C@@H]6O[C@H](CO)[C@H](O)[C@H](O)[C@H]6O)[C@@](C)(C=O)C5CC[C@@]4(C)[C@]2(C)CC3)O[C@@H]1C. The lowest BCUT2D eigenvalue weighted by molar-refractivity contribution is -0.391. The number of carbonyl (C=O) groups excluding carboxylic acids is 2. The molecule has 15 N–H and O–H groups in total. The van der Waals surface area contributed by atoms with Crippen molar-refractivity contribution in [2.45, 2.75) is 395 Å². The van der Waals surface area contributed by atoms with Crippen LogP contribution in [0.5, 0.6) is 0 Å². The summed E-state index contributed by atoms with van der Waals surface area (Å²) in [6, 6.07) is 0. The van der Waals surface area contributed by atoms with Crippen LogP contribution in [0.25, 0.3) is 0 Å². The lowest BCUT2D eigenvalue weighted by Gasteiger charge is -2.71. The van der Waals surface area contributed by atoms with E-state index in [-0.39, 0.29) is 36.9 Å². The molecule has 0 aromatic carbocycles. The van der Waals surface area contributed by atoms with E-state index in [2.05, 4.69) is 47.6 Å². The van der Waals surface area contributed by atoms with E-state index in [1.165, 1.54) is 64.7 Å². The first-order valence-corrected chi connectivity index (χ1v) is 41.4. The number of fused-ring (bicyclic) bond motifs is 7. The van der Waals surface area contributed by atoms with Crippen molar-refractivity contribution < 1.29 is 153 Å². The normalized spacial score (nSPS) is 48.5. The van der Waals surface area contributed by atoms with Gasteiger partial charge in [0, 0.05) is 6.61 Å². The molecule has 5 aliphatic carbocycles. The molecule has 4 saturated carbocycles. The maximum absolute atomic E-state index is 16.0. The maximum atomic E-state index is 16.0. The van der Waals surface area contributed by atoms with Gasteiger partial charge >= 0.3 is 11.9 Å². The van der Waals surface area contributed by atoms with E-state index >= 15 is 4.79 Å². The largest absolute Gasteiger partial charge is 0.479 e. The zero-order valence-corrected chi connectivity index (χ0v) is 66.2. The number of carboxylic acids is 1. The fourth-order valence-electron chi connectivity index (χ4n) is 21.4. The highest BCUT2D eigenvalue weighted by Gasteiger charge is 2.71. The molecule has 31 heteroatoms. The minimum absolute atomic E-state index is 0.0716. The second kappa shape index (κ2) is 36.9. The second-order valence-corrected chi connectivity index (χ2v) is 36.1. The van der Waals surface area contributed by atoms with Crippen molar-refractivity contribution in [3.8, 4) is 0 Å². The Labute approximate surface area is 651 Å². The molecular formula is C80H132O31. The summed E-state index contributed by atoms with van der Waals surface area (Å²) >= 11 is 0. The average molecular weight is 1590 g/mol. The fourth-order valence-corrected chi connectivity index (χ4v) is 21.4. The number of allylic oxidation sites excluding steroid dienone is 2. The zero-order chi connectivity index (χ0) is 80.6. The number of hydrogen-bond donors (Lipinski definition) is 15. The number of esters is 1. The molecule has 0 amide bonds. The minimum Gasteiger partial charge on any atom is -0.479 e. The van der Waals surface area contributed by atoms with Gasteiger partial charge in [-0.2, -0.15) is 0 Å². The first-order chi connectivity index (χ1) is 52.6. The number of rotatable bonds is 31. The molecule has 0 radical (unpaired) electrons. The zero-order valence-electron chi connectivity index (χ0n) is 66.2. The molecule has 111 heavy (non-hydrogen) atoms. The Morgan fingerprint density at radius 1 is 0.505 bits per heavy atom. The Kier molecular flexibility index (Phi) is 29.6. The topological polar surface area (TPSA) is 475 Å². The van der Waals surface area contributed by atoms with Crippen LogP contribution in [-0.4, -0.2) is 299 Å². The highest BCUT2D eigenvalue weighted by atomic mass is 16.8. The summed E-state index contributed by atoms with van der Waals surface area (Å²) in [5.74, 6) is -3.08. The van der Waals surface area contributed by atoms with Gasteiger partial charge in [0.25, 0.3) is 0 Å². The summed E-state index contributed by atoms with van der Waals surface area (Å²) in [4.78, 5) is 43.4. The number of aliphatic hydroxyl groups excluding tert-OH is 14. The van der Waals surface area contributed by atoms with Gasteiger partial charge in [-0.1, -0.05) is 144 Å². The lowest BCUT2D eigenvalue weighted by Crippen LogP contribution is -2.68. The smallest absolute Gasteiger partial charge is 0.335 e. The van der Waals surface area contributed by atoms with Crippen molar-refractivity contribution in [1.82, 2.24) is 0 Å². The van der Waals surface area contributed by atoms with E-state index < -0.39 is 236 Å². The molecule has 0 aromatic heterocycles. The number of carboxylic acid groups (broad SMARTS) is 1. The first kappa shape index (κ1) is 89.1. The van der Waals surface area contributed by atoms with E-state index in [1.807, 2.05) is 0 Å². The number of hydrogen-bond acceptors (Lipinski definition) is 30. The highest BCUT2D eigenvalue weighted by Crippen LogP contribution is 2.76. The number of aliphatic hydroxyl groups is 14. The van der Waals surface area contributed by atoms with E-state index in [1.54, 1.807) is 13.8 Å². The van der Waals surface area contributed by atoms with Crippen LogP contribution in [0.15, 0.2) is 11.6 Å². The van der Waals surface area contributed by atoms with E-state index in [4.69, 9.17) is 61.6 Å². The number of ether oxygens (including phenoxy) is 13. The molecule has 10 fully saturated rings. The number of aliphatic carboxylic acids is 1. The third-order valence-electron chi connectivity index (χ3n) is 28.5. The van der Waals surface area contributed by atoms with Crippen LogP contribution in [0.1, 0.15) is 216 Å². The van der Waals surface area contributed by atoms with Gasteiger partial charge in [-0.3, -0.25) is 4.79 Å². The van der Waals surface area contributed by atoms with Crippen LogP contribution in [-0.2, 0) is 76.0 Å². The second-order valence-electron chi connectivity index (χ2n) is 36.1. The van der Waals surface area contributed by atoms with Crippen LogP contribution >= 0.6 is 0 Å². The Bertz CT molecular complexity index is 3060. The quantitative estimate of drug-likeness (QED) is 0.0156. The maximum Gasteiger partial charge on any atom is 0.335 e. The van der Waals surface area contributed by atoms with Gasteiger partial charge in [-0.15, -0.1) is 0 Å². The summed E-state index contributed by atoms with van der Waals surface area (Å²) < 4.78 is 80.5. The van der Waals surface area contributed by atoms with Gasteiger partial charge in [-0.05, 0) is 124 Å². The van der Waals surface area contributed by atoms with Gasteiger partial charge in [0.15, 0.2) is 43.7 Å². The molecule has 11 rings (SSSR count). The van der Waals surface area contributed by atoms with Crippen LogP contribution < -0.4 is 0 Å². The summed E-state index contributed by atoms with van der Waals surface area (Å²) in [5.41, 5.74) is -3.15. The third kappa shape index (κ3) is 17.8. The standard InChI is InChI=1S/C80H132O31/c1-10-11-12-13-14-15-16-17-18-19-20-21-22-23-34-99-61-40(2)103-72(65(59(61)94)109-70-58(93)54(89)62(41(3)102-70)106-68-55(90)50(85)44(83)37-100-68)111-74(98)80-32-30-75(4,5)35-43(80)42-24-25-48-76(6)28-27-49(77(7,39-82)47(76)26-29-79(48,9)78(42,8)31-33-80)105-73-66(110-71-57(92)53(88)52(87)46(36-81)104-71)63(60(95)64(108-73)67(96)97)107-69-56(91)51(86)45(84)38-101-69/h24,39-41,43-66,68-73,81,83-95H,10-23,25-38H2,1-9H3,(H,96,97)/t40-,41+,43?,44-,45-,46-,47?,48?,49+,50+,51+,52+,53+,54+,55-,56-,57-,58-,59+,60+,61+,62+,63+,64+,65-,66-,68+,69+,70+,71+,72+,73-,76+,77+,78-,79-,80+/m1/s1. The predicted molar refractivity (Wildman–Crippen MR) is 388 cm³/mol. The Balaban J connectivity index is 0.820. The molecule has 0 aromatic rings. The van der Waals surface area contributed by atoms with E-state index in [9.17, 15) is 86.2 Å². The number of aldehydes is 1. The first-order valence-electron chi connectivity index (χ1n) is 41.4. The van der Waals surface area contributed by atoms with Crippen molar-refractivity contribution in [3.63, 3.8) is 0 Å². The monoisotopic (exact) mass is 1590 g/mol. The molecule has 11 aliphatic rings. The lowest BCUT2D eigenvalue weighted by atomic mass is 9.33. The molecule has 6 saturated heterocycles. The van der Waals surface area contributed by atoms with Gasteiger partial charge in [-0.25, -0.2) is 4.79 Å². The van der Waals surface area contributed by atoms with E-state index in [0.717, 1.165) is 37.5 Å². The number of carbonyl (C=O) groups is 3. The van der Waals surface area contributed by atoms with Crippen LogP contribution in [0.4, 0.5) is 0 Å². The van der Waals surface area contributed by atoms with E-state index in [0.29, 0.717) is 64.2 Å². The van der Waals surface area contributed by atoms with Crippen molar-refractivity contribution in [2.24, 2.45) is 50.2 Å². The molecule has 6 heterocycles. The van der Waals surface area contributed by atoms with Crippen LogP contribution in [0, 0.1) is 50.2 Å². The predicted octanol–water partition coefficient (Wildman–Crippen LogP) is 2.72. The molecule has 3 unspecified atom stereocenters. The Morgan fingerprint density at radius 2 is 1.04 bits per heavy atom. The molecule has 638 valence electrons. The third-order valence-corrected chi connectivity index (χ3v) is 28.5. The Hall–Kier alpha value is -2.69. The van der Waals surface area contributed by atoms with Crippen molar-refractivity contribution in [3.05, 3.63) is 11.6 Å². The summed E-state index contributed by atoms with van der Waals surface area (Å²) in [5, 5.41) is 165. The molecule has 37 atom stereocenters. The van der Waals surface area contributed by atoms with Crippen molar-refractivity contribution in [1.29, 1.82) is 0 Å². The molecule has 6 aliphatic heterocycles. The summed E-state index contributed by atoms with van der Waals surface area (Å²) in [6.45, 7) is 16.9. The minimum atomic E-state index is -2.19. The molecule has 0 bridgehead atoms. The number of unbranched alkanes of at least 4 members (excludes halogenated alkanes) is 13. The van der Waals surface area contributed by atoms with Gasteiger partial charge < -0.3 is 143 Å². The Morgan fingerprint density at radius 3 is 1.63 bits per heavy atom. The van der Waals surface area contributed by atoms with Crippen LogP contribution in [0.3, 0.4) is 0 Å². The van der Waals surface area contributed by atoms with Crippen molar-refractivity contribution in [2.75, 3.05) is 26.4 Å². The molecule has 31 nitrogen and oxygen atoms in total. The van der Waals surface area contributed by atoms with Gasteiger partial charge in [0.05, 0.1) is 49.0 Å². The fraction of sp³-hybridized carbons (Fsp3) is 0.938. The summed E-state index contributed by atoms with van der Waals surface area (Å²) in [6.07, 6.45) is -23.8.